The smallest absolute Gasteiger partial charge is 0.303 e. The predicted molar refractivity (Wildman–Crippen MR) is 206 cm³/mol. The lowest BCUT2D eigenvalue weighted by atomic mass is 9.79. The third-order valence-electron chi connectivity index (χ3n) is 10.5. The quantitative estimate of drug-likeness (QED) is 0.0712. The summed E-state index contributed by atoms with van der Waals surface area (Å²) in [7, 11) is -8.05. The van der Waals surface area contributed by atoms with Gasteiger partial charge in [0.15, 0.2) is 5.71 Å². The van der Waals surface area contributed by atoms with Crippen molar-refractivity contribution >= 4 is 64.8 Å². The lowest BCUT2D eigenvalue weighted by Crippen LogP contribution is -2.29. The van der Waals surface area contributed by atoms with Gasteiger partial charge in [0.05, 0.1) is 16.9 Å². The van der Waals surface area contributed by atoms with Crippen molar-refractivity contribution in [3.8, 4) is 0 Å². The fraction of sp³-hybridized carbons (Fsp3) is 0.350. The van der Waals surface area contributed by atoms with Crippen LogP contribution in [0.25, 0.3) is 21.5 Å². The number of unbranched alkanes of at least 4 members (excludes halogenated alkanes) is 2. The molecule has 0 atom stereocenters. The second kappa shape index (κ2) is 14.1. The van der Waals surface area contributed by atoms with Crippen LogP contribution in [0.3, 0.4) is 0 Å². The molecule has 6 rings (SSSR count). The summed E-state index contributed by atoms with van der Waals surface area (Å²) in [5, 5.41) is 11.9. The number of rotatable bonds is 13. The molecule has 0 fully saturated rings. The number of aliphatic carboxylic acids is 1. The van der Waals surface area contributed by atoms with Crippen LogP contribution in [0.4, 0.5) is 11.4 Å². The number of ether oxygens (including phenoxy) is 1. The highest BCUT2D eigenvalue weighted by Gasteiger charge is 2.46. The molecule has 11 nitrogen and oxygen atoms in total. The maximum Gasteiger partial charge on any atom is 0.303 e. The number of carboxylic acid groups (broad SMARTS) is 1. The highest BCUT2D eigenvalue weighted by Crippen LogP contribution is 2.51. The van der Waals surface area contributed by atoms with E-state index in [1.54, 1.807) is 13.2 Å². The Hall–Kier alpha value is -4.40. The summed E-state index contributed by atoms with van der Waals surface area (Å²) in [5.41, 5.74) is 4.42. The normalized spacial score (nSPS) is 17.4. The van der Waals surface area contributed by atoms with E-state index in [9.17, 15) is 30.7 Å². The van der Waals surface area contributed by atoms with E-state index in [1.165, 1.54) is 23.1 Å². The van der Waals surface area contributed by atoms with E-state index in [-0.39, 0.29) is 22.6 Å². The topological polar surface area (TPSA) is 162 Å². The maximum atomic E-state index is 12.5. The maximum absolute atomic E-state index is 12.5. The Kier molecular flexibility index (Phi) is 10.2. The van der Waals surface area contributed by atoms with Crippen molar-refractivity contribution in [3.63, 3.8) is 0 Å². The van der Waals surface area contributed by atoms with Crippen LogP contribution in [0.15, 0.2) is 94.4 Å². The van der Waals surface area contributed by atoms with Crippen LogP contribution in [0.5, 0.6) is 0 Å². The molecule has 0 spiro atoms. The van der Waals surface area contributed by atoms with E-state index in [0.717, 1.165) is 28.5 Å². The third-order valence-corrected chi connectivity index (χ3v) is 12.3. The third kappa shape index (κ3) is 7.04. The van der Waals surface area contributed by atoms with E-state index in [1.807, 2.05) is 38.1 Å². The summed E-state index contributed by atoms with van der Waals surface area (Å²) in [5.74, 6) is -0.860. The molecular weight excluding hydrogens is 717 g/mol. The zero-order chi connectivity index (χ0) is 38.5. The fourth-order valence-corrected chi connectivity index (χ4v) is 9.49. The first-order valence-corrected chi connectivity index (χ1v) is 20.4. The number of anilines is 1. The van der Waals surface area contributed by atoms with Crippen molar-refractivity contribution in [1.29, 1.82) is 0 Å². The molecule has 2 heterocycles. The summed E-state index contributed by atoms with van der Waals surface area (Å²) < 4.78 is 77.5. The zero-order valence-corrected chi connectivity index (χ0v) is 32.1. The lowest BCUT2D eigenvalue weighted by Gasteiger charge is -2.27. The first kappa shape index (κ1) is 38.3. The molecule has 4 aromatic carbocycles. The van der Waals surface area contributed by atoms with Gasteiger partial charge in [-0.05, 0) is 78.8 Å². The number of nitrogens with zero attached hydrogens (tertiary/aromatic N) is 2. The van der Waals surface area contributed by atoms with E-state index in [0.29, 0.717) is 50.2 Å². The van der Waals surface area contributed by atoms with Gasteiger partial charge < -0.3 is 14.7 Å². The summed E-state index contributed by atoms with van der Waals surface area (Å²) in [6, 6.07) is 17.9. The highest BCUT2D eigenvalue weighted by atomic mass is 32.2. The van der Waals surface area contributed by atoms with Crippen molar-refractivity contribution in [1.82, 2.24) is 0 Å². The SMILES string of the molecule is COCCN1/C(=C/C=C/C2=[N+](CCCCCC(=O)O)c3ccc4c(S(=O)(=O)O)cc(S(=O)(=O)O)cc4c3C2(C)C)C(C)(C)c2c1ccc1ccccc21. The molecule has 0 radical (unpaired) electrons. The average Bonchev–Trinajstić information content (AvgIpc) is 3.44. The lowest BCUT2D eigenvalue weighted by molar-refractivity contribution is -0.438. The van der Waals surface area contributed by atoms with Crippen LogP contribution in [0.2, 0.25) is 0 Å². The van der Waals surface area contributed by atoms with Gasteiger partial charge in [0.2, 0.25) is 5.69 Å². The molecule has 0 aromatic heterocycles. The number of methoxy groups -OCH3 is 1. The van der Waals surface area contributed by atoms with Gasteiger partial charge in [0.25, 0.3) is 20.2 Å². The Balaban J connectivity index is 1.50. The van der Waals surface area contributed by atoms with Crippen LogP contribution in [0.1, 0.15) is 64.5 Å². The van der Waals surface area contributed by atoms with Gasteiger partial charge in [0.1, 0.15) is 11.4 Å². The molecule has 280 valence electrons. The molecule has 3 N–H and O–H groups in total. The van der Waals surface area contributed by atoms with Gasteiger partial charge in [0, 0.05) is 66.4 Å². The van der Waals surface area contributed by atoms with Gasteiger partial charge in [-0.15, -0.1) is 0 Å². The minimum atomic E-state index is -4.88. The molecule has 0 saturated heterocycles. The second-order valence-corrected chi connectivity index (χ2v) is 17.5. The second-order valence-electron chi connectivity index (χ2n) is 14.7. The number of hydrogen-bond donors (Lipinski definition) is 3. The first-order valence-electron chi connectivity index (χ1n) is 17.5. The van der Waals surface area contributed by atoms with Crippen LogP contribution in [-0.4, -0.2) is 74.1 Å². The van der Waals surface area contributed by atoms with Gasteiger partial charge in [-0.25, -0.2) is 0 Å². The van der Waals surface area contributed by atoms with E-state index >= 15 is 0 Å². The fourth-order valence-electron chi connectivity index (χ4n) is 8.15. The summed E-state index contributed by atoms with van der Waals surface area (Å²) in [4.78, 5) is 12.2. The minimum absolute atomic E-state index is 0.0562. The molecule has 53 heavy (non-hydrogen) atoms. The molecule has 0 saturated carbocycles. The molecule has 0 bridgehead atoms. The Morgan fingerprint density at radius 2 is 1.58 bits per heavy atom. The van der Waals surface area contributed by atoms with Crippen LogP contribution in [0, 0.1) is 0 Å². The largest absolute Gasteiger partial charge is 0.481 e. The van der Waals surface area contributed by atoms with E-state index in [4.69, 9.17) is 9.84 Å². The Labute approximate surface area is 310 Å². The zero-order valence-electron chi connectivity index (χ0n) is 30.5. The summed E-state index contributed by atoms with van der Waals surface area (Å²) in [6.07, 6.45) is 7.99. The van der Waals surface area contributed by atoms with Crippen molar-refractivity contribution in [3.05, 3.63) is 95.7 Å². The highest BCUT2D eigenvalue weighted by molar-refractivity contribution is 7.86. The number of allylic oxidation sites excluding steroid dienone is 4. The number of hydrogen-bond acceptors (Lipinski definition) is 7. The molecular formula is C40H45N2O9S2+. The van der Waals surface area contributed by atoms with Crippen molar-refractivity contribution < 1.29 is 45.2 Å². The average molecular weight is 762 g/mol. The molecule has 2 aliphatic rings. The standard InChI is InChI=1S/C40H44N2O9S2/c1-39(2)35(42(22-23-51-5)31-19-17-26-12-8-9-13-28(26)37(31)39)15-11-14-34-40(3,4)38-30-24-27(52(45,46)47)25-33(53(48,49)50)29(30)18-20-32(38)41(34)21-10-6-7-16-36(43)44/h8-9,11-15,17-20,24-25H,6-7,10,16,21-23H2,1-5H3,(H2-,43,44,45,46,47,48,49,50)/p+1. The summed E-state index contributed by atoms with van der Waals surface area (Å²) in [6.45, 7) is 10.0. The van der Waals surface area contributed by atoms with Gasteiger partial charge in [-0.3, -0.25) is 13.9 Å². The van der Waals surface area contributed by atoms with Crippen LogP contribution >= 0.6 is 0 Å². The van der Waals surface area contributed by atoms with Crippen molar-refractivity contribution in [2.75, 3.05) is 31.7 Å². The Morgan fingerprint density at radius 1 is 0.849 bits per heavy atom. The van der Waals surface area contributed by atoms with Crippen LogP contribution < -0.4 is 4.90 Å². The molecule has 4 aromatic rings. The first-order chi connectivity index (χ1) is 24.9. The van der Waals surface area contributed by atoms with Gasteiger partial charge >= 0.3 is 5.97 Å². The predicted octanol–water partition coefficient (Wildman–Crippen LogP) is 7.39. The number of benzene rings is 4. The molecule has 13 heteroatoms. The van der Waals surface area contributed by atoms with Crippen LogP contribution in [-0.2, 0) is 40.6 Å². The number of fused-ring (bicyclic) bond motifs is 6. The Morgan fingerprint density at radius 3 is 2.26 bits per heavy atom. The van der Waals surface area contributed by atoms with E-state index < -0.39 is 41.4 Å². The van der Waals surface area contributed by atoms with Crippen molar-refractivity contribution in [2.24, 2.45) is 0 Å². The Bertz CT molecular complexity index is 2460. The van der Waals surface area contributed by atoms with Crippen molar-refractivity contribution in [2.45, 2.75) is 74.0 Å². The monoisotopic (exact) mass is 761 g/mol. The summed E-state index contributed by atoms with van der Waals surface area (Å²) >= 11 is 0. The van der Waals surface area contributed by atoms with Gasteiger partial charge in [-0.2, -0.15) is 21.4 Å². The van der Waals surface area contributed by atoms with Gasteiger partial charge in [-0.1, -0.05) is 50.3 Å². The number of carboxylic acids is 1. The molecule has 0 aliphatic carbocycles. The minimum Gasteiger partial charge on any atom is -0.481 e. The molecule has 2 aliphatic heterocycles. The molecule has 0 amide bonds. The molecule has 0 unspecified atom stereocenters. The number of carbonyl (C=O) groups is 1. The van der Waals surface area contributed by atoms with E-state index in [2.05, 4.69) is 53.7 Å².